The van der Waals surface area contributed by atoms with Gasteiger partial charge in [0.05, 0.1) is 26.0 Å². The Bertz CT molecular complexity index is 1900. The molecular formula is C41H40Cl4N2O3. The Morgan fingerprint density at radius 1 is 0.820 bits per heavy atom. The van der Waals surface area contributed by atoms with Gasteiger partial charge in [0, 0.05) is 19.1 Å². The smallest absolute Gasteiger partial charge is 0.227 e. The van der Waals surface area contributed by atoms with Gasteiger partial charge in [0.1, 0.15) is 19.0 Å². The van der Waals surface area contributed by atoms with Crippen LogP contribution in [0.5, 0.6) is 11.5 Å². The maximum Gasteiger partial charge on any atom is 0.227 e. The number of carbonyl (C=O) groups is 1. The molecule has 5 aromatic rings. The average Bonchev–Trinajstić information content (AvgIpc) is 3.95. The van der Waals surface area contributed by atoms with E-state index in [-0.39, 0.29) is 17.9 Å². The highest BCUT2D eigenvalue weighted by Gasteiger charge is 2.36. The van der Waals surface area contributed by atoms with Crippen molar-refractivity contribution in [1.82, 2.24) is 10.2 Å². The molecule has 0 aromatic heterocycles. The average molecular weight is 751 g/mol. The van der Waals surface area contributed by atoms with Crippen LogP contribution in [0.25, 0.3) is 10.8 Å². The Labute approximate surface area is 314 Å². The molecule has 0 bridgehead atoms. The van der Waals surface area contributed by atoms with Crippen molar-refractivity contribution in [1.29, 1.82) is 0 Å². The molecule has 1 amide bonds. The molecule has 1 saturated carbocycles. The first-order valence-corrected chi connectivity index (χ1v) is 18.5. The number of rotatable bonds is 16. The lowest BCUT2D eigenvalue weighted by atomic mass is 9.96. The second-order valence-electron chi connectivity index (χ2n) is 12.8. The van der Waals surface area contributed by atoms with Gasteiger partial charge in [-0.05, 0) is 103 Å². The van der Waals surface area contributed by atoms with Crippen LogP contribution in [0.1, 0.15) is 35.1 Å². The summed E-state index contributed by atoms with van der Waals surface area (Å²) in [6.45, 7) is 4.29. The number of aryl methyl sites for hydroxylation is 1. The van der Waals surface area contributed by atoms with Crippen molar-refractivity contribution in [2.75, 3.05) is 26.3 Å². The second kappa shape index (κ2) is 17.2. The molecule has 1 fully saturated rings. The van der Waals surface area contributed by atoms with Gasteiger partial charge in [-0.15, -0.1) is 0 Å². The van der Waals surface area contributed by atoms with Gasteiger partial charge >= 0.3 is 0 Å². The molecule has 0 saturated heterocycles. The van der Waals surface area contributed by atoms with E-state index in [0.717, 1.165) is 42.5 Å². The number of carbonyl (C=O) groups excluding carboxylic acids is 1. The molecule has 1 N–H and O–H groups in total. The van der Waals surface area contributed by atoms with Gasteiger partial charge in [0.2, 0.25) is 5.91 Å². The number of nitrogens with one attached hydrogen (secondary N) is 1. The number of benzene rings is 5. The van der Waals surface area contributed by atoms with Crippen molar-refractivity contribution in [3.63, 3.8) is 0 Å². The Morgan fingerprint density at radius 2 is 1.50 bits per heavy atom. The lowest BCUT2D eigenvalue weighted by Crippen LogP contribution is -2.42. The standard InChI is InChI=1S/C41H40Cl4N2O3/c1-27-22-37(43)40(38(44)23-27)50-21-20-49-34-16-12-28(13-17-34)24-32(25-46-19-18-30-8-4-7-29-6-2-3-10-35(29)30)41(48)47(33-14-15-33)26-31-9-5-11-36(42)39(31)45/h2-13,16-17,22-23,32-33,46H,14-15,18-21,24-26H2,1H3. The summed E-state index contributed by atoms with van der Waals surface area (Å²) in [5.41, 5.74) is 4.17. The largest absolute Gasteiger partial charge is 0.490 e. The summed E-state index contributed by atoms with van der Waals surface area (Å²) in [6, 6.07) is 32.2. The number of halogens is 4. The maximum absolute atomic E-state index is 14.3. The molecule has 5 aromatic carbocycles. The summed E-state index contributed by atoms with van der Waals surface area (Å²) in [5, 5.41) is 8.06. The van der Waals surface area contributed by atoms with E-state index in [0.29, 0.717) is 64.3 Å². The predicted octanol–water partition coefficient (Wildman–Crippen LogP) is 10.4. The van der Waals surface area contributed by atoms with Crippen LogP contribution in [-0.4, -0.2) is 43.2 Å². The molecule has 5 nitrogen and oxygen atoms in total. The second-order valence-corrected chi connectivity index (χ2v) is 14.4. The highest BCUT2D eigenvalue weighted by molar-refractivity contribution is 6.42. The van der Waals surface area contributed by atoms with Crippen LogP contribution in [-0.2, 0) is 24.2 Å². The zero-order valence-electron chi connectivity index (χ0n) is 27.9. The number of hydrogen-bond donors (Lipinski definition) is 1. The maximum atomic E-state index is 14.3. The number of amides is 1. The van der Waals surface area contributed by atoms with Gasteiger partial charge in [-0.1, -0.05) is 113 Å². The van der Waals surface area contributed by atoms with E-state index in [1.165, 1.54) is 16.3 Å². The van der Waals surface area contributed by atoms with E-state index >= 15 is 0 Å². The zero-order valence-corrected chi connectivity index (χ0v) is 31.0. The highest BCUT2D eigenvalue weighted by atomic mass is 35.5. The fraction of sp³-hybridized carbons (Fsp3) is 0.293. The Hall–Kier alpha value is -3.45. The Kier molecular flexibility index (Phi) is 12.5. The van der Waals surface area contributed by atoms with E-state index in [2.05, 4.69) is 47.8 Å². The molecule has 0 spiro atoms. The van der Waals surface area contributed by atoms with E-state index in [1.54, 1.807) is 6.07 Å². The van der Waals surface area contributed by atoms with Crippen molar-refractivity contribution in [3.05, 3.63) is 139 Å². The Morgan fingerprint density at radius 3 is 2.26 bits per heavy atom. The molecular weight excluding hydrogens is 710 g/mol. The number of ether oxygens (including phenoxy) is 2. The quantitative estimate of drug-likeness (QED) is 0.102. The molecule has 0 aliphatic heterocycles. The number of fused-ring (bicyclic) bond motifs is 1. The molecule has 0 heterocycles. The summed E-state index contributed by atoms with van der Waals surface area (Å²) in [5.74, 6) is 1.01. The molecule has 1 aliphatic rings. The van der Waals surface area contributed by atoms with Gasteiger partial charge in [0.25, 0.3) is 0 Å². The fourth-order valence-corrected chi connectivity index (χ4v) is 7.34. The summed E-state index contributed by atoms with van der Waals surface area (Å²) in [6.07, 6.45) is 3.43. The third kappa shape index (κ3) is 9.45. The van der Waals surface area contributed by atoms with Crippen molar-refractivity contribution < 1.29 is 14.3 Å². The predicted molar refractivity (Wildman–Crippen MR) is 206 cm³/mol. The first-order chi connectivity index (χ1) is 24.3. The van der Waals surface area contributed by atoms with E-state index < -0.39 is 0 Å². The zero-order chi connectivity index (χ0) is 35.0. The first kappa shape index (κ1) is 36.3. The number of hydrogen-bond acceptors (Lipinski definition) is 4. The molecule has 1 atom stereocenters. The summed E-state index contributed by atoms with van der Waals surface area (Å²) in [7, 11) is 0. The highest BCUT2D eigenvalue weighted by Crippen LogP contribution is 2.35. The fourth-order valence-electron chi connectivity index (χ4n) is 6.25. The summed E-state index contributed by atoms with van der Waals surface area (Å²) >= 11 is 25.5. The van der Waals surface area contributed by atoms with Crippen LogP contribution in [0.2, 0.25) is 20.1 Å². The first-order valence-electron chi connectivity index (χ1n) is 17.0. The minimum Gasteiger partial charge on any atom is -0.490 e. The number of nitrogens with zero attached hydrogens (tertiary/aromatic N) is 1. The van der Waals surface area contributed by atoms with Crippen LogP contribution in [0.4, 0.5) is 0 Å². The van der Waals surface area contributed by atoms with E-state index in [9.17, 15) is 4.79 Å². The monoisotopic (exact) mass is 748 g/mol. The van der Waals surface area contributed by atoms with Gasteiger partial charge in [-0.25, -0.2) is 0 Å². The van der Waals surface area contributed by atoms with Crippen molar-refractivity contribution in [2.45, 2.75) is 45.2 Å². The Balaban J connectivity index is 1.11. The van der Waals surface area contributed by atoms with E-state index in [4.69, 9.17) is 55.9 Å². The van der Waals surface area contributed by atoms with Crippen LogP contribution < -0.4 is 14.8 Å². The van der Waals surface area contributed by atoms with Crippen LogP contribution >= 0.6 is 46.4 Å². The molecule has 0 radical (unpaired) electrons. The van der Waals surface area contributed by atoms with Crippen LogP contribution in [0, 0.1) is 12.8 Å². The lowest BCUT2D eigenvalue weighted by molar-refractivity contribution is -0.136. The van der Waals surface area contributed by atoms with Gasteiger partial charge in [0.15, 0.2) is 5.75 Å². The molecule has 260 valence electrons. The van der Waals surface area contributed by atoms with Crippen molar-refractivity contribution in [3.8, 4) is 11.5 Å². The summed E-state index contributed by atoms with van der Waals surface area (Å²) < 4.78 is 11.7. The van der Waals surface area contributed by atoms with Crippen LogP contribution in [0.15, 0.2) is 97.1 Å². The van der Waals surface area contributed by atoms with Gasteiger partial charge < -0.3 is 19.7 Å². The molecule has 50 heavy (non-hydrogen) atoms. The molecule has 1 aliphatic carbocycles. The third-order valence-corrected chi connectivity index (χ3v) is 10.4. The normalized spacial score (nSPS) is 13.3. The van der Waals surface area contributed by atoms with Gasteiger partial charge in [-0.3, -0.25) is 4.79 Å². The van der Waals surface area contributed by atoms with E-state index in [1.807, 2.05) is 60.4 Å². The molecule has 6 rings (SSSR count). The van der Waals surface area contributed by atoms with Crippen molar-refractivity contribution >= 4 is 63.1 Å². The minimum atomic E-state index is -0.273. The topological polar surface area (TPSA) is 50.8 Å². The molecule has 1 unspecified atom stereocenters. The van der Waals surface area contributed by atoms with Crippen molar-refractivity contribution in [2.24, 2.45) is 5.92 Å². The lowest BCUT2D eigenvalue weighted by Gasteiger charge is -2.28. The SMILES string of the molecule is Cc1cc(Cl)c(OCCOc2ccc(CC(CNCCc3cccc4ccccc34)C(=O)N(Cc3cccc(Cl)c3Cl)C3CC3)cc2)c(Cl)c1. The third-order valence-electron chi connectivity index (χ3n) is 8.98. The minimum absolute atomic E-state index is 0.118. The van der Waals surface area contributed by atoms with Crippen LogP contribution in [0.3, 0.4) is 0 Å². The van der Waals surface area contributed by atoms with Gasteiger partial charge in [-0.2, -0.15) is 0 Å². The summed E-state index contributed by atoms with van der Waals surface area (Å²) in [4.78, 5) is 16.3. The molecule has 9 heteroatoms.